The Balaban J connectivity index is 1.86. The van der Waals surface area contributed by atoms with Gasteiger partial charge < -0.3 is 14.2 Å². The summed E-state index contributed by atoms with van der Waals surface area (Å²) in [6.07, 6.45) is 0.526. The Hall–Kier alpha value is -1.53. The lowest BCUT2D eigenvalue weighted by Gasteiger charge is -2.47. The first-order chi connectivity index (χ1) is 11.9. The van der Waals surface area contributed by atoms with Crippen molar-refractivity contribution in [3.8, 4) is 0 Å². The molecule has 5 nitrogen and oxygen atoms in total. The van der Waals surface area contributed by atoms with E-state index in [9.17, 15) is 9.35 Å². The third-order valence-electron chi connectivity index (χ3n) is 4.64. The van der Waals surface area contributed by atoms with E-state index in [-0.39, 0.29) is 11.5 Å². The van der Waals surface area contributed by atoms with Crippen LogP contribution in [0.15, 0.2) is 28.7 Å². The molecule has 1 aromatic rings. The Labute approximate surface area is 159 Å². The van der Waals surface area contributed by atoms with Crippen LogP contribution in [0.3, 0.4) is 0 Å². The molecule has 1 aliphatic carbocycles. The standard InChI is InChI=1S/C20H28N2O3S/c1-18(2,3)25-17(23)22-12-20(13-22)11-14-9-7-8-10-15(14)16(20)21-26(24)19(4,5)6/h7-10H,11-13H2,1-6H3/b21-16+. The number of carbonyl (C=O) groups excluding carboxylic acids is 1. The summed E-state index contributed by atoms with van der Waals surface area (Å²) in [6.45, 7) is 12.5. The van der Waals surface area contributed by atoms with Crippen LogP contribution in [0.4, 0.5) is 4.79 Å². The van der Waals surface area contributed by atoms with E-state index in [2.05, 4.69) is 10.5 Å². The Kier molecular flexibility index (Phi) is 4.64. The highest BCUT2D eigenvalue weighted by atomic mass is 32.2. The molecule has 26 heavy (non-hydrogen) atoms. The molecule has 1 heterocycles. The maximum Gasteiger partial charge on any atom is 0.410 e. The van der Waals surface area contributed by atoms with Gasteiger partial charge in [0.05, 0.1) is 5.41 Å². The zero-order valence-corrected chi connectivity index (χ0v) is 17.3. The largest absolute Gasteiger partial charge is 0.591 e. The summed E-state index contributed by atoms with van der Waals surface area (Å²) < 4.78 is 22.4. The minimum Gasteiger partial charge on any atom is -0.591 e. The third kappa shape index (κ3) is 3.62. The molecule has 1 atom stereocenters. The predicted octanol–water partition coefficient (Wildman–Crippen LogP) is 3.73. The first-order valence-electron chi connectivity index (χ1n) is 8.99. The third-order valence-corrected chi connectivity index (χ3v) is 6.04. The molecular formula is C20H28N2O3S. The van der Waals surface area contributed by atoms with E-state index in [4.69, 9.17) is 4.74 Å². The monoisotopic (exact) mass is 376 g/mol. The van der Waals surface area contributed by atoms with E-state index in [0.29, 0.717) is 13.1 Å². The van der Waals surface area contributed by atoms with Crippen LogP contribution in [0.2, 0.25) is 0 Å². The van der Waals surface area contributed by atoms with Crippen LogP contribution in [-0.2, 0) is 22.5 Å². The number of carbonyl (C=O) groups is 1. The van der Waals surface area contributed by atoms with E-state index < -0.39 is 21.7 Å². The van der Waals surface area contributed by atoms with Gasteiger partial charge in [-0.1, -0.05) is 28.7 Å². The van der Waals surface area contributed by atoms with Gasteiger partial charge in [-0.25, -0.2) is 4.79 Å². The fraction of sp³-hybridized carbons (Fsp3) is 0.600. The van der Waals surface area contributed by atoms with Crippen LogP contribution in [0.5, 0.6) is 0 Å². The number of nitrogens with zero attached hydrogens (tertiary/aromatic N) is 2. The van der Waals surface area contributed by atoms with Crippen molar-refractivity contribution in [3.63, 3.8) is 0 Å². The van der Waals surface area contributed by atoms with Crippen molar-refractivity contribution in [2.45, 2.75) is 58.3 Å². The van der Waals surface area contributed by atoms with Gasteiger partial charge in [0.1, 0.15) is 27.4 Å². The molecule has 1 saturated heterocycles. The number of ether oxygens (including phenoxy) is 1. The molecule has 0 bridgehead atoms. The van der Waals surface area contributed by atoms with Gasteiger partial charge in [-0.05, 0) is 53.5 Å². The molecule has 6 heteroatoms. The van der Waals surface area contributed by atoms with Gasteiger partial charge in [-0.2, -0.15) is 0 Å². The normalized spacial score (nSPS) is 21.5. The molecule has 2 aliphatic rings. The summed E-state index contributed by atoms with van der Waals surface area (Å²) in [7, 11) is 0. The molecule has 1 aromatic carbocycles. The van der Waals surface area contributed by atoms with Crippen molar-refractivity contribution in [3.05, 3.63) is 35.4 Å². The van der Waals surface area contributed by atoms with E-state index in [1.807, 2.05) is 59.7 Å². The maximum absolute atomic E-state index is 12.7. The number of amides is 1. The summed E-state index contributed by atoms with van der Waals surface area (Å²) in [4.78, 5) is 14.1. The molecule has 0 radical (unpaired) electrons. The second kappa shape index (κ2) is 6.27. The Morgan fingerprint density at radius 3 is 2.38 bits per heavy atom. The van der Waals surface area contributed by atoms with Gasteiger partial charge in [0, 0.05) is 18.7 Å². The van der Waals surface area contributed by atoms with Gasteiger partial charge in [0.15, 0.2) is 0 Å². The van der Waals surface area contributed by atoms with Crippen LogP contribution in [0.1, 0.15) is 52.7 Å². The smallest absolute Gasteiger partial charge is 0.410 e. The molecule has 1 spiro atoms. The SMILES string of the molecule is CC(C)(C)OC(=O)N1CC2(Cc3ccccc3/C2=N\[S+]([O-])C(C)(C)C)C1. The summed E-state index contributed by atoms with van der Waals surface area (Å²) in [6, 6.07) is 8.13. The highest BCUT2D eigenvalue weighted by Crippen LogP contribution is 2.45. The molecule has 1 aliphatic heterocycles. The summed E-state index contributed by atoms with van der Waals surface area (Å²) in [5, 5.41) is 0. The number of likely N-dealkylation sites (tertiary alicyclic amines) is 1. The van der Waals surface area contributed by atoms with Gasteiger partial charge in [0.25, 0.3) is 0 Å². The molecule has 0 saturated carbocycles. The van der Waals surface area contributed by atoms with Crippen molar-refractivity contribution in [1.29, 1.82) is 0 Å². The fourth-order valence-corrected chi connectivity index (χ4v) is 4.14. The minimum absolute atomic E-state index is 0.249. The quantitative estimate of drug-likeness (QED) is 0.702. The zero-order valence-electron chi connectivity index (χ0n) is 16.5. The molecule has 142 valence electrons. The topological polar surface area (TPSA) is 65.0 Å². The molecule has 3 rings (SSSR count). The second-order valence-electron chi connectivity index (χ2n) is 9.25. The Morgan fingerprint density at radius 2 is 1.81 bits per heavy atom. The van der Waals surface area contributed by atoms with Crippen molar-refractivity contribution in [2.24, 2.45) is 9.81 Å². The number of fused-ring (bicyclic) bond motifs is 1. The fourth-order valence-electron chi connectivity index (χ4n) is 3.41. The van der Waals surface area contributed by atoms with Gasteiger partial charge in [0.2, 0.25) is 0 Å². The highest BCUT2D eigenvalue weighted by Gasteiger charge is 2.55. The first-order valence-corrected chi connectivity index (χ1v) is 10.1. The summed E-state index contributed by atoms with van der Waals surface area (Å²) in [5.74, 6) is 0. The maximum atomic E-state index is 12.7. The molecule has 0 N–H and O–H groups in total. The summed E-state index contributed by atoms with van der Waals surface area (Å²) >= 11 is -1.33. The number of hydrogen-bond acceptors (Lipinski definition) is 4. The number of hydrogen-bond donors (Lipinski definition) is 0. The zero-order chi connectivity index (χ0) is 19.3. The Morgan fingerprint density at radius 1 is 1.19 bits per heavy atom. The highest BCUT2D eigenvalue weighted by molar-refractivity contribution is 7.91. The summed E-state index contributed by atoms with van der Waals surface area (Å²) in [5.41, 5.74) is 2.39. The van der Waals surface area contributed by atoms with Gasteiger partial charge >= 0.3 is 6.09 Å². The van der Waals surface area contributed by atoms with Crippen LogP contribution in [0.25, 0.3) is 0 Å². The van der Waals surface area contributed by atoms with Crippen molar-refractivity contribution in [1.82, 2.24) is 4.90 Å². The average molecular weight is 377 g/mol. The molecular weight excluding hydrogens is 348 g/mol. The van der Waals surface area contributed by atoms with Crippen LogP contribution in [0, 0.1) is 5.41 Å². The molecule has 0 aromatic heterocycles. The first kappa shape index (κ1) is 19.2. The lowest BCUT2D eigenvalue weighted by Crippen LogP contribution is -2.62. The van der Waals surface area contributed by atoms with Crippen molar-refractivity contribution >= 4 is 23.2 Å². The van der Waals surface area contributed by atoms with Crippen molar-refractivity contribution < 1.29 is 14.1 Å². The van der Waals surface area contributed by atoms with Crippen LogP contribution < -0.4 is 0 Å². The molecule has 1 fully saturated rings. The van der Waals surface area contributed by atoms with E-state index in [1.165, 1.54) is 5.56 Å². The van der Waals surface area contributed by atoms with E-state index in [0.717, 1.165) is 17.7 Å². The molecule has 1 unspecified atom stereocenters. The van der Waals surface area contributed by atoms with Gasteiger partial charge in [-0.15, -0.1) is 0 Å². The number of rotatable bonds is 1. The van der Waals surface area contributed by atoms with Gasteiger partial charge in [-0.3, -0.25) is 0 Å². The lowest BCUT2D eigenvalue weighted by molar-refractivity contribution is -0.0117. The Bertz CT molecular complexity index is 740. The average Bonchev–Trinajstić information content (AvgIpc) is 2.77. The second-order valence-corrected chi connectivity index (χ2v) is 11.2. The lowest BCUT2D eigenvalue weighted by atomic mass is 9.76. The minimum atomic E-state index is -1.33. The number of benzene rings is 1. The predicted molar refractivity (Wildman–Crippen MR) is 105 cm³/mol. The van der Waals surface area contributed by atoms with Crippen LogP contribution >= 0.6 is 0 Å². The van der Waals surface area contributed by atoms with Crippen molar-refractivity contribution in [2.75, 3.05) is 13.1 Å². The van der Waals surface area contributed by atoms with E-state index in [1.54, 1.807) is 4.90 Å². The van der Waals surface area contributed by atoms with E-state index >= 15 is 0 Å². The van der Waals surface area contributed by atoms with Crippen LogP contribution in [-0.4, -0.2) is 44.7 Å². The molecule has 1 amide bonds.